The number of aromatic nitrogens is 2. The normalized spacial score (nSPS) is 14.2. The van der Waals surface area contributed by atoms with Gasteiger partial charge in [-0.05, 0) is 19.1 Å². The smallest absolute Gasteiger partial charge is 0.409 e. The van der Waals surface area contributed by atoms with E-state index < -0.39 is 5.82 Å². The Hall–Kier alpha value is -3.10. The molecule has 9 heteroatoms. The molecule has 0 bridgehead atoms. The molecule has 138 valence electrons. The molecule has 1 aliphatic rings. The van der Waals surface area contributed by atoms with Gasteiger partial charge in [0.05, 0.1) is 12.3 Å². The van der Waals surface area contributed by atoms with Gasteiger partial charge in [-0.15, -0.1) is 0 Å². The van der Waals surface area contributed by atoms with Crippen LogP contribution in [0.3, 0.4) is 0 Å². The number of anilines is 4. The number of rotatable bonds is 4. The average molecular weight is 360 g/mol. The second-order valence-electron chi connectivity index (χ2n) is 5.74. The summed E-state index contributed by atoms with van der Waals surface area (Å²) in [6, 6.07) is 6.29. The van der Waals surface area contributed by atoms with Crippen LogP contribution in [-0.4, -0.2) is 53.7 Å². The summed E-state index contributed by atoms with van der Waals surface area (Å²) in [6.07, 6.45) is 1.07. The zero-order valence-corrected chi connectivity index (χ0v) is 14.5. The number of carbonyl (C=O) groups excluding carboxylic acids is 1. The highest BCUT2D eigenvalue weighted by Crippen LogP contribution is 2.29. The maximum atomic E-state index is 13.8. The number of nitrogen functional groups attached to an aromatic ring is 1. The van der Waals surface area contributed by atoms with Crippen molar-refractivity contribution in [2.75, 3.05) is 48.7 Å². The lowest BCUT2D eigenvalue weighted by molar-refractivity contribution is 0.105. The monoisotopic (exact) mass is 360 g/mol. The Morgan fingerprint density at radius 1 is 1.27 bits per heavy atom. The molecule has 1 aromatic carbocycles. The summed E-state index contributed by atoms with van der Waals surface area (Å²) < 4.78 is 18.9. The molecule has 1 aliphatic heterocycles. The van der Waals surface area contributed by atoms with Crippen LogP contribution in [0.2, 0.25) is 0 Å². The fourth-order valence-corrected chi connectivity index (χ4v) is 2.74. The van der Waals surface area contributed by atoms with E-state index in [-0.39, 0.29) is 11.8 Å². The average Bonchev–Trinajstić information content (AvgIpc) is 2.65. The standard InChI is InChI=1S/C17H21FN6O2/c1-2-26-17(25)24-9-7-23(8-10-24)16-14(19)15(20-11-21-16)22-13-6-4-3-5-12(13)18/h3-6,11H,2,7-10,19H2,1H3,(H,20,21,22). The van der Waals surface area contributed by atoms with Crippen LogP contribution in [0.1, 0.15) is 6.92 Å². The second kappa shape index (κ2) is 7.85. The second-order valence-corrected chi connectivity index (χ2v) is 5.74. The van der Waals surface area contributed by atoms with Crippen LogP contribution < -0.4 is 16.0 Å². The Bertz CT molecular complexity index is 780. The first-order valence-corrected chi connectivity index (χ1v) is 8.38. The number of amides is 1. The lowest BCUT2D eigenvalue weighted by atomic mass is 10.3. The fourth-order valence-electron chi connectivity index (χ4n) is 2.74. The van der Waals surface area contributed by atoms with Crippen LogP contribution in [0, 0.1) is 5.82 Å². The molecular formula is C17H21FN6O2. The first-order valence-electron chi connectivity index (χ1n) is 8.38. The van der Waals surface area contributed by atoms with E-state index in [9.17, 15) is 9.18 Å². The Labute approximate surface area is 150 Å². The molecule has 1 aromatic heterocycles. The topological polar surface area (TPSA) is 96.6 Å². The van der Waals surface area contributed by atoms with Crippen molar-refractivity contribution in [3.8, 4) is 0 Å². The minimum absolute atomic E-state index is 0.288. The van der Waals surface area contributed by atoms with E-state index in [1.54, 1.807) is 30.0 Å². The number of benzene rings is 1. The van der Waals surface area contributed by atoms with Crippen molar-refractivity contribution >= 4 is 29.1 Å². The maximum absolute atomic E-state index is 13.8. The Morgan fingerprint density at radius 3 is 2.69 bits per heavy atom. The summed E-state index contributed by atoms with van der Waals surface area (Å²) in [5.74, 6) is 0.505. The molecular weight excluding hydrogens is 339 g/mol. The van der Waals surface area contributed by atoms with Crippen molar-refractivity contribution < 1.29 is 13.9 Å². The van der Waals surface area contributed by atoms with Crippen molar-refractivity contribution in [1.29, 1.82) is 0 Å². The molecule has 3 N–H and O–H groups in total. The number of carbonyl (C=O) groups is 1. The Balaban J connectivity index is 1.72. The SMILES string of the molecule is CCOC(=O)N1CCN(c2ncnc(Nc3ccccc3F)c2N)CC1. The zero-order valence-electron chi connectivity index (χ0n) is 14.5. The number of nitrogens with zero attached hydrogens (tertiary/aromatic N) is 4. The van der Waals surface area contributed by atoms with E-state index in [0.29, 0.717) is 50.1 Å². The van der Waals surface area contributed by atoms with Gasteiger partial charge >= 0.3 is 6.09 Å². The molecule has 3 rings (SSSR count). The summed E-state index contributed by atoms with van der Waals surface area (Å²) in [5.41, 5.74) is 6.82. The molecule has 0 radical (unpaired) electrons. The van der Waals surface area contributed by atoms with E-state index in [1.807, 2.05) is 4.90 Å². The largest absolute Gasteiger partial charge is 0.450 e. The molecule has 1 fully saturated rings. The summed E-state index contributed by atoms with van der Waals surface area (Å²) in [5, 5.41) is 2.90. The first-order chi connectivity index (χ1) is 12.6. The maximum Gasteiger partial charge on any atom is 0.409 e. The Morgan fingerprint density at radius 2 is 2.00 bits per heavy atom. The Kier molecular flexibility index (Phi) is 5.35. The van der Waals surface area contributed by atoms with Gasteiger partial charge < -0.3 is 25.6 Å². The molecule has 0 spiro atoms. The third-order valence-corrected chi connectivity index (χ3v) is 4.10. The molecule has 0 unspecified atom stereocenters. The number of halogens is 1. The van der Waals surface area contributed by atoms with Gasteiger partial charge in [-0.1, -0.05) is 12.1 Å². The van der Waals surface area contributed by atoms with Gasteiger partial charge in [0, 0.05) is 26.2 Å². The number of nitrogens with one attached hydrogen (secondary N) is 1. The van der Waals surface area contributed by atoms with Crippen LogP contribution in [-0.2, 0) is 4.74 Å². The van der Waals surface area contributed by atoms with Crippen LogP contribution >= 0.6 is 0 Å². The molecule has 2 aromatic rings. The van der Waals surface area contributed by atoms with Crippen LogP contribution in [0.5, 0.6) is 0 Å². The van der Waals surface area contributed by atoms with Crippen molar-refractivity contribution in [1.82, 2.24) is 14.9 Å². The molecule has 8 nitrogen and oxygen atoms in total. The van der Waals surface area contributed by atoms with Crippen LogP contribution in [0.15, 0.2) is 30.6 Å². The lowest BCUT2D eigenvalue weighted by Gasteiger charge is -2.35. The number of hydrogen-bond acceptors (Lipinski definition) is 7. The van der Waals surface area contributed by atoms with Gasteiger partial charge in [0.15, 0.2) is 11.6 Å². The van der Waals surface area contributed by atoms with Gasteiger partial charge in [0.1, 0.15) is 17.8 Å². The summed E-state index contributed by atoms with van der Waals surface area (Å²) in [6.45, 7) is 4.29. The predicted molar refractivity (Wildman–Crippen MR) is 96.9 cm³/mol. The van der Waals surface area contributed by atoms with E-state index >= 15 is 0 Å². The molecule has 0 aliphatic carbocycles. The van der Waals surface area contributed by atoms with Crippen LogP contribution in [0.4, 0.5) is 32.2 Å². The molecule has 0 saturated carbocycles. The van der Waals surface area contributed by atoms with Gasteiger partial charge in [-0.25, -0.2) is 19.2 Å². The third-order valence-electron chi connectivity index (χ3n) is 4.10. The predicted octanol–water partition coefficient (Wildman–Crippen LogP) is 2.22. The third kappa shape index (κ3) is 3.76. The molecule has 1 amide bonds. The number of piperazine rings is 1. The van der Waals surface area contributed by atoms with Gasteiger partial charge in [0.2, 0.25) is 0 Å². The van der Waals surface area contributed by atoms with Crippen molar-refractivity contribution in [2.24, 2.45) is 0 Å². The zero-order chi connectivity index (χ0) is 18.5. The summed E-state index contributed by atoms with van der Waals surface area (Å²) >= 11 is 0. The van der Waals surface area contributed by atoms with E-state index in [2.05, 4.69) is 15.3 Å². The van der Waals surface area contributed by atoms with Crippen molar-refractivity contribution in [2.45, 2.75) is 6.92 Å². The van der Waals surface area contributed by atoms with E-state index in [4.69, 9.17) is 10.5 Å². The van der Waals surface area contributed by atoms with Gasteiger partial charge in [0.25, 0.3) is 0 Å². The minimum Gasteiger partial charge on any atom is -0.450 e. The van der Waals surface area contributed by atoms with E-state index in [0.717, 1.165) is 0 Å². The quantitative estimate of drug-likeness (QED) is 0.863. The highest BCUT2D eigenvalue weighted by Gasteiger charge is 2.24. The highest BCUT2D eigenvalue weighted by atomic mass is 19.1. The molecule has 0 atom stereocenters. The van der Waals surface area contributed by atoms with Gasteiger partial charge in [-0.3, -0.25) is 0 Å². The summed E-state index contributed by atoms with van der Waals surface area (Å²) in [4.78, 5) is 23.8. The molecule has 1 saturated heterocycles. The number of ether oxygens (including phenoxy) is 1. The number of para-hydroxylation sites is 1. The lowest BCUT2D eigenvalue weighted by Crippen LogP contribution is -2.49. The highest BCUT2D eigenvalue weighted by molar-refractivity contribution is 5.78. The minimum atomic E-state index is -0.393. The molecule has 26 heavy (non-hydrogen) atoms. The fraction of sp³-hybridized carbons (Fsp3) is 0.353. The first kappa shape index (κ1) is 17.7. The van der Waals surface area contributed by atoms with Crippen molar-refractivity contribution in [3.05, 3.63) is 36.4 Å². The van der Waals surface area contributed by atoms with E-state index in [1.165, 1.54) is 12.4 Å². The number of nitrogens with two attached hydrogens (primary N) is 1. The number of hydrogen-bond donors (Lipinski definition) is 2. The molecule has 2 heterocycles. The van der Waals surface area contributed by atoms with Crippen molar-refractivity contribution in [3.63, 3.8) is 0 Å². The van der Waals surface area contributed by atoms with Gasteiger partial charge in [-0.2, -0.15) is 0 Å². The summed E-state index contributed by atoms with van der Waals surface area (Å²) in [7, 11) is 0. The van der Waals surface area contributed by atoms with Crippen LogP contribution in [0.25, 0.3) is 0 Å².